The lowest BCUT2D eigenvalue weighted by atomic mass is 10.0. The van der Waals surface area contributed by atoms with Gasteiger partial charge >= 0.3 is 0 Å². The van der Waals surface area contributed by atoms with E-state index in [1.807, 2.05) is 62.4 Å². The first-order valence-electron chi connectivity index (χ1n) is 15.0. The predicted molar refractivity (Wildman–Crippen MR) is 179 cm³/mol. The quantitative estimate of drug-likeness (QED) is 0.218. The Labute approximate surface area is 271 Å². The topological polar surface area (TPSA) is 86.8 Å². The average molecular weight is 659 g/mol. The van der Waals surface area contributed by atoms with Crippen LogP contribution in [0.4, 0.5) is 5.69 Å². The van der Waals surface area contributed by atoms with Crippen molar-refractivity contribution in [3.05, 3.63) is 99.0 Å². The second-order valence-corrected chi connectivity index (χ2v) is 14.4. The van der Waals surface area contributed by atoms with E-state index in [-0.39, 0.29) is 43.8 Å². The number of benzene rings is 3. The van der Waals surface area contributed by atoms with Crippen molar-refractivity contribution in [1.82, 2.24) is 10.2 Å². The highest BCUT2D eigenvalue weighted by Crippen LogP contribution is 2.28. The Kier molecular flexibility index (Phi) is 11.7. The maximum atomic E-state index is 14.1. The van der Waals surface area contributed by atoms with Crippen molar-refractivity contribution in [1.29, 1.82) is 0 Å². The number of halogens is 2. The van der Waals surface area contributed by atoms with Crippen LogP contribution in [0.1, 0.15) is 60.8 Å². The van der Waals surface area contributed by atoms with E-state index in [1.54, 1.807) is 23.1 Å². The second-order valence-electron chi connectivity index (χ2n) is 11.7. The molecule has 0 aliphatic heterocycles. The molecule has 3 aromatic carbocycles. The average Bonchev–Trinajstić information content (AvgIpc) is 3.46. The minimum atomic E-state index is -3.60. The van der Waals surface area contributed by atoms with Gasteiger partial charge in [0.1, 0.15) is 6.04 Å². The van der Waals surface area contributed by atoms with Crippen molar-refractivity contribution in [3.8, 4) is 0 Å². The van der Waals surface area contributed by atoms with Crippen LogP contribution in [0.25, 0.3) is 0 Å². The van der Waals surface area contributed by atoms with Gasteiger partial charge in [-0.25, -0.2) is 8.42 Å². The number of carbonyl (C=O) groups is 2. The summed E-state index contributed by atoms with van der Waals surface area (Å²) < 4.78 is 26.9. The zero-order chi connectivity index (χ0) is 31.9. The van der Waals surface area contributed by atoms with E-state index in [9.17, 15) is 18.0 Å². The molecule has 0 saturated heterocycles. The van der Waals surface area contributed by atoms with Gasteiger partial charge in [0.05, 0.1) is 11.9 Å². The van der Waals surface area contributed by atoms with E-state index in [0.29, 0.717) is 27.7 Å². The van der Waals surface area contributed by atoms with Crippen molar-refractivity contribution in [3.63, 3.8) is 0 Å². The Morgan fingerprint density at radius 3 is 2.14 bits per heavy atom. The summed E-state index contributed by atoms with van der Waals surface area (Å²) in [7, 11) is -3.60. The number of aryl methyl sites for hydroxylation is 2. The summed E-state index contributed by atoms with van der Waals surface area (Å²) in [6, 6.07) is 19.7. The van der Waals surface area contributed by atoms with Gasteiger partial charge in [0.2, 0.25) is 21.8 Å². The third kappa shape index (κ3) is 9.22. The van der Waals surface area contributed by atoms with Gasteiger partial charge in [0, 0.05) is 47.6 Å². The van der Waals surface area contributed by atoms with Gasteiger partial charge in [-0.15, -0.1) is 0 Å². The maximum Gasteiger partial charge on any atom is 0.243 e. The Balaban J connectivity index is 1.63. The Bertz CT molecular complexity index is 1520. The molecule has 1 saturated carbocycles. The number of rotatable bonds is 13. The lowest BCUT2D eigenvalue weighted by molar-refractivity contribution is -0.141. The van der Waals surface area contributed by atoms with Crippen molar-refractivity contribution < 1.29 is 18.0 Å². The summed E-state index contributed by atoms with van der Waals surface area (Å²) in [5.41, 5.74) is 3.94. The molecule has 0 spiro atoms. The first-order valence-corrected chi connectivity index (χ1v) is 17.7. The summed E-state index contributed by atoms with van der Waals surface area (Å²) in [6.45, 7) is 4.00. The first kappa shape index (κ1) is 33.8. The lowest BCUT2D eigenvalue weighted by Gasteiger charge is -2.33. The SMILES string of the molecule is Cc1cc(C)cc(N(CCCC(=O)N(Cc2c(Cl)cccc2Cl)[C@@H](Cc2ccccc2)C(=O)NC2CCCC2)S(C)(=O)=O)c1. The first-order chi connectivity index (χ1) is 20.9. The molecule has 0 unspecified atom stereocenters. The van der Waals surface area contributed by atoms with Crippen LogP contribution >= 0.6 is 23.2 Å². The van der Waals surface area contributed by atoms with Crippen molar-refractivity contribution >= 4 is 50.7 Å². The number of hydrogen-bond acceptors (Lipinski definition) is 4. The van der Waals surface area contributed by atoms with Gasteiger partial charge in [-0.1, -0.05) is 78.5 Å². The molecule has 1 N–H and O–H groups in total. The fourth-order valence-corrected chi connectivity index (χ4v) is 7.34. The molecule has 1 aliphatic rings. The Morgan fingerprint density at radius 2 is 1.55 bits per heavy atom. The maximum absolute atomic E-state index is 14.1. The van der Waals surface area contributed by atoms with Gasteiger partial charge in [0.25, 0.3) is 0 Å². The van der Waals surface area contributed by atoms with Gasteiger partial charge < -0.3 is 10.2 Å². The normalized spacial score (nSPS) is 14.3. The summed E-state index contributed by atoms with van der Waals surface area (Å²) in [6.07, 6.45) is 5.70. The molecule has 0 heterocycles. The molecule has 0 bridgehead atoms. The second kappa shape index (κ2) is 15.3. The Morgan fingerprint density at radius 1 is 0.932 bits per heavy atom. The summed E-state index contributed by atoms with van der Waals surface area (Å²) in [5.74, 6) is -0.498. The van der Waals surface area contributed by atoms with Crippen LogP contribution in [0, 0.1) is 13.8 Å². The molecule has 236 valence electrons. The number of carbonyl (C=O) groups excluding carboxylic acids is 2. The third-order valence-corrected chi connectivity index (χ3v) is 9.91. The molecular weight excluding hydrogens is 617 g/mol. The number of hydrogen-bond donors (Lipinski definition) is 1. The van der Waals surface area contributed by atoms with Gasteiger partial charge in [-0.3, -0.25) is 13.9 Å². The van der Waals surface area contributed by atoms with Crippen LogP contribution in [-0.4, -0.2) is 50.0 Å². The molecular formula is C34H41Cl2N3O4S. The van der Waals surface area contributed by atoms with E-state index < -0.39 is 16.1 Å². The highest BCUT2D eigenvalue weighted by Gasteiger charge is 2.33. The minimum absolute atomic E-state index is 0.0287. The van der Waals surface area contributed by atoms with Crippen LogP contribution in [0.5, 0.6) is 0 Å². The zero-order valence-corrected chi connectivity index (χ0v) is 27.9. The van der Waals surface area contributed by atoms with Gasteiger partial charge in [-0.05, 0) is 74.1 Å². The molecule has 7 nitrogen and oxygen atoms in total. The minimum Gasteiger partial charge on any atom is -0.352 e. The van der Waals surface area contributed by atoms with Crippen LogP contribution in [0.3, 0.4) is 0 Å². The number of nitrogens with zero attached hydrogens (tertiary/aromatic N) is 2. The lowest BCUT2D eigenvalue weighted by Crippen LogP contribution is -2.52. The summed E-state index contributed by atoms with van der Waals surface area (Å²) in [5, 5.41) is 4.00. The molecule has 3 aromatic rings. The zero-order valence-electron chi connectivity index (χ0n) is 25.6. The van der Waals surface area contributed by atoms with Crippen LogP contribution in [0.2, 0.25) is 10.0 Å². The number of anilines is 1. The largest absolute Gasteiger partial charge is 0.352 e. The molecule has 1 fully saturated rings. The standard InChI is InChI=1S/C34H41Cl2N3O4S/c1-24-19-25(2)21-28(20-24)39(44(3,42)43)18-10-17-33(40)38(23-29-30(35)15-9-16-31(29)36)32(22-26-11-5-4-6-12-26)34(41)37-27-13-7-8-14-27/h4-6,9,11-12,15-16,19-21,27,32H,7-8,10,13-14,17-18,22-23H2,1-3H3,(H,37,41)/t32-/m0/s1. The molecule has 2 amide bonds. The number of sulfonamides is 1. The molecule has 0 aromatic heterocycles. The highest BCUT2D eigenvalue weighted by molar-refractivity contribution is 7.92. The van der Waals surface area contributed by atoms with E-state index in [4.69, 9.17) is 23.2 Å². The van der Waals surface area contributed by atoms with Crippen molar-refractivity contribution in [2.45, 2.75) is 77.4 Å². The van der Waals surface area contributed by atoms with E-state index >= 15 is 0 Å². The predicted octanol–water partition coefficient (Wildman–Crippen LogP) is 6.86. The highest BCUT2D eigenvalue weighted by atomic mass is 35.5. The molecule has 4 rings (SSSR count). The van der Waals surface area contributed by atoms with E-state index in [2.05, 4.69) is 5.32 Å². The Hall–Kier alpha value is -3.07. The van der Waals surface area contributed by atoms with Gasteiger partial charge in [0.15, 0.2) is 0 Å². The fraction of sp³-hybridized carbons (Fsp3) is 0.412. The van der Waals surface area contributed by atoms with Crippen LogP contribution in [-0.2, 0) is 32.6 Å². The molecule has 1 atom stereocenters. The van der Waals surface area contributed by atoms with E-state index in [0.717, 1.165) is 42.4 Å². The molecule has 0 radical (unpaired) electrons. The summed E-state index contributed by atoms with van der Waals surface area (Å²) in [4.78, 5) is 29.6. The van der Waals surface area contributed by atoms with Crippen LogP contribution < -0.4 is 9.62 Å². The van der Waals surface area contributed by atoms with E-state index in [1.165, 1.54) is 10.6 Å². The molecule has 1 aliphatic carbocycles. The fourth-order valence-electron chi connectivity index (χ4n) is 5.87. The van der Waals surface area contributed by atoms with Gasteiger partial charge in [-0.2, -0.15) is 0 Å². The monoisotopic (exact) mass is 657 g/mol. The van der Waals surface area contributed by atoms with Crippen molar-refractivity contribution in [2.24, 2.45) is 0 Å². The smallest absolute Gasteiger partial charge is 0.243 e. The third-order valence-electron chi connectivity index (χ3n) is 8.01. The number of nitrogens with one attached hydrogen (secondary N) is 1. The van der Waals surface area contributed by atoms with Crippen molar-refractivity contribution in [2.75, 3.05) is 17.1 Å². The van der Waals surface area contributed by atoms with Crippen LogP contribution in [0.15, 0.2) is 66.7 Å². The molecule has 44 heavy (non-hydrogen) atoms. The molecule has 10 heteroatoms. The number of amides is 2. The summed E-state index contributed by atoms with van der Waals surface area (Å²) >= 11 is 13.1.